The number of amides is 3. The standard InChI is InChI=1S/C20H16Cl2N2O5/c1-10(24-18(26)13-5-3-4-6-14(13)19(24)27)20(28)29-11(2)17(25)23-16-8-7-12(21)9-15(16)22/h3-11H,1-2H3,(H,23,25)/t10-,11-/m0/s1. The number of imide groups is 1. The van der Waals surface area contributed by atoms with Gasteiger partial charge in [-0.3, -0.25) is 19.3 Å². The minimum Gasteiger partial charge on any atom is -0.451 e. The molecule has 3 rings (SSSR count). The molecule has 0 fully saturated rings. The molecule has 7 nitrogen and oxygen atoms in total. The van der Waals surface area contributed by atoms with Crippen LogP contribution < -0.4 is 5.32 Å². The van der Waals surface area contributed by atoms with Gasteiger partial charge in [0, 0.05) is 5.02 Å². The van der Waals surface area contributed by atoms with Crippen molar-refractivity contribution in [2.24, 2.45) is 0 Å². The first-order valence-electron chi connectivity index (χ1n) is 8.64. The molecule has 9 heteroatoms. The van der Waals surface area contributed by atoms with Crippen LogP contribution in [0, 0.1) is 0 Å². The van der Waals surface area contributed by atoms with Gasteiger partial charge in [-0.1, -0.05) is 35.3 Å². The third kappa shape index (κ3) is 4.11. The normalized spacial score (nSPS) is 15.0. The van der Waals surface area contributed by atoms with E-state index >= 15 is 0 Å². The molecular formula is C20H16Cl2N2O5. The number of carbonyl (C=O) groups is 4. The topological polar surface area (TPSA) is 92.8 Å². The lowest BCUT2D eigenvalue weighted by molar-refractivity contribution is -0.156. The van der Waals surface area contributed by atoms with Gasteiger partial charge < -0.3 is 10.1 Å². The number of anilines is 1. The Kier molecular flexibility index (Phi) is 5.91. The molecule has 2 aromatic rings. The summed E-state index contributed by atoms with van der Waals surface area (Å²) >= 11 is 11.8. The first-order valence-corrected chi connectivity index (χ1v) is 9.39. The lowest BCUT2D eigenvalue weighted by Gasteiger charge is -2.22. The van der Waals surface area contributed by atoms with Crippen molar-refractivity contribution in [3.8, 4) is 0 Å². The highest BCUT2D eigenvalue weighted by Gasteiger charge is 2.41. The van der Waals surface area contributed by atoms with Crippen LogP contribution >= 0.6 is 23.2 Å². The lowest BCUT2D eigenvalue weighted by Crippen LogP contribution is -2.45. The highest BCUT2D eigenvalue weighted by molar-refractivity contribution is 6.36. The van der Waals surface area contributed by atoms with Crippen molar-refractivity contribution in [2.45, 2.75) is 26.0 Å². The van der Waals surface area contributed by atoms with Crippen molar-refractivity contribution in [3.05, 3.63) is 63.6 Å². The summed E-state index contributed by atoms with van der Waals surface area (Å²) in [7, 11) is 0. The Morgan fingerprint density at radius 3 is 2.14 bits per heavy atom. The Morgan fingerprint density at radius 2 is 1.59 bits per heavy atom. The molecular weight excluding hydrogens is 419 g/mol. The van der Waals surface area contributed by atoms with Gasteiger partial charge in [0.15, 0.2) is 6.10 Å². The van der Waals surface area contributed by atoms with Gasteiger partial charge in [0.25, 0.3) is 17.7 Å². The molecule has 2 aromatic carbocycles. The highest BCUT2D eigenvalue weighted by Crippen LogP contribution is 2.26. The number of rotatable bonds is 5. The predicted molar refractivity (Wildman–Crippen MR) is 107 cm³/mol. The Labute approximate surface area is 176 Å². The summed E-state index contributed by atoms with van der Waals surface area (Å²) < 4.78 is 5.15. The van der Waals surface area contributed by atoms with Crippen LogP contribution in [-0.2, 0) is 14.3 Å². The van der Waals surface area contributed by atoms with Crippen LogP contribution in [-0.4, -0.2) is 40.7 Å². The molecule has 0 aromatic heterocycles. The van der Waals surface area contributed by atoms with Crippen LogP contribution in [0.4, 0.5) is 5.69 Å². The molecule has 1 aliphatic rings. The third-order valence-electron chi connectivity index (χ3n) is 4.41. The molecule has 1 heterocycles. The fraction of sp³-hybridized carbons (Fsp3) is 0.200. The number of fused-ring (bicyclic) bond motifs is 1. The Bertz CT molecular complexity index is 989. The van der Waals surface area contributed by atoms with E-state index in [1.807, 2.05) is 0 Å². The number of ether oxygens (including phenoxy) is 1. The smallest absolute Gasteiger partial charge is 0.329 e. The van der Waals surface area contributed by atoms with Crippen LogP contribution in [0.2, 0.25) is 10.0 Å². The second-order valence-electron chi connectivity index (χ2n) is 6.39. The van der Waals surface area contributed by atoms with Crippen molar-refractivity contribution < 1.29 is 23.9 Å². The van der Waals surface area contributed by atoms with Gasteiger partial charge in [-0.25, -0.2) is 4.79 Å². The molecule has 0 bridgehead atoms. The summed E-state index contributed by atoms with van der Waals surface area (Å²) in [6.07, 6.45) is -1.19. The second-order valence-corrected chi connectivity index (χ2v) is 7.24. The third-order valence-corrected chi connectivity index (χ3v) is 4.95. The zero-order chi connectivity index (χ0) is 21.3. The van der Waals surface area contributed by atoms with Crippen LogP contribution in [0.5, 0.6) is 0 Å². The summed E-state index contributed by atoms with van der Waals surface area (Å²) in [5, 5.41) is 3.16. The van der Waals surface area contributed by atoms with Gasteiger partial charge >= 0.3 is 5.97 Å². The van der Waals surface area contributed by atoms with Crippen molar-refractivity contribution in [3.63, 3.8) is 0 Å². The fourth-order valence-corrected chi connectivity index (χ4v) is 3.27. The lowest BCUT2D eigenvalue weighted by atomic mass is 10.1. The number of esters is 1. The molecule has 0 saturated carbocycles. The predicted octanol–water partition coefficient (Wildman–Crippen LogP) is 3.55. The van der Waals surface area contributed by atoms with Gasteiger partial charge in [0.2, 0.25) is 0 Å². The quantitative estimate of drug-likeness (QED) is 0.573. The number of halogens is 2. The van der Waals surface area contributed by atoms with Crippen LogP contribution in [0.1, 0.15) is 34.6 Å². The summed E-state index contributed by atoms with van der Waals surface area (Å²) in [4.78, 5) is 50.5. The Balaban J connectivity index is 1.66. The SMILES string of the molecule is C[C@H](OC(=O)[C@H](C)N1C(=O)c2ccccc2C1=O)C(=O)Nc1ccc(Cl)cc1Cl. The van der Waals surface area contributed by atoms with Gasteiger partial charge in [-0.05, 0) is 44.2 Å². The Hall–Kier alpha value is -2.90. The summed E-state index contributed by atoms with van der Waals surface area (Å²) in [5.41, 5.74) is 0.748. The maximum absolute atomic E-state index is 12.5. The molecule has 0 spiro atoms. The average Bonchev–Trinajstić information content (AvgIpc) is 2.94. The maximum atomic E-state index is 12.5. The monoisotopic (exact) mass is 434 g/mol. The molecule has 29 heavy (non-hydrogen) atoms. The van der Waals surface area contributed by atoms with Gasteiger partial charge in [-0.15, -0.1) is 0 Å². The largest absolute Gasteiger partial charge is 0.451 e. The van der Waals surface area contributed by atoms with Gasteiger partial charge in [-0.2, -0.15) is 0 Å². The van der Waals surface area contributed by atoms with Crippen molar-refractivity contribution in [1.29, 1.82) is 0 Å². The first kappa shape index (κ1) is 20.8. The first-order chi connectivity index (χ1) is 13.7. The Morgan fingerprint density at radius 1 is 1.00 bits per heavy atom. The fourth-order valence-electron chi connectivity index (χ4n) is 2.82. The molecule has 0 aliphatic carbocycles. The number of nitrogens with one attached hydrogen (secondary N) is 1. The van der Waals surface area contributed by atoms with Crippen molar-refractivity contribution in [1.82, 2.24) is 4.90 Å². The zero-order valence-corrected chi connectivity index (χ0v) is 17.0. The molecule has 2 atom stereocenters. The van der Waals surface area contributed by atoms with Crippen molar-refractivity contribution >= 4 is 52.6 Å². The second kappa shape index (κ2) is 8.23. The average molecular weight is 435 g/mol. The van der Waals surface area contributed by atoms with Crippen molar-refractivity contribution in [2.75, 3.05) is 5.32 Å². The summed E-state index contributed by atoms with van der Waals surface area (Å²) in [6.45, 7) is 2.73. The molecule has 3 amide bonds. The molecule has 0 radical (unpaired) electrons. The van der Waals surface area contributed by atoms with E-state index in [0.717, 1.165) is 4.90 Å². The van der Waals surface area contributed by atoms with E-state index in [1.54, 1.807) is 18.2 Å². The van der Waals surface area contributed by atoms with E-state index in [9.17, 15) is 19.2 Å². The van der Waals surface area contributed by atoms with Crippen LogP contribution in [0.3, 0.4) is 0 Å². The van der Waals surface area contributed by atoms with E-state index in [2.05, 4.69) is 5.32 Å². The molecule has 150 valence electrons. The minimum absolute atomic E-state index is 0.223. The summed E-state index contributed by atoms with van der Waals surface area (Å²) in [6, 6.07) is 9.61. The number of nitrogens with zero attached hydrogens (tertiary/aromatic N) is 1. The number of hydrogen-bond acceptors (Lipinski definition) is 5. The molecule has 0 saturated heterocycles. The van der Waals surface area contributed by atoms with E-state index in [-0.39, 0.29) is 16.1 Å². The highest BCUT2D eigenvalue weighted by atomic mass is 35.5. The van der Waals surface area contributed by atoms with E-state index in [0.29, 0.717) is 10.7 Å². The maximum Gasteiger partial charge on any atom is 0.329 e. The van der Waals surface area contributed by atoms with E-state index in [4.69, 9.17) is 27.9 Å². The number of hydrogen-bond donors (Lipinski definition) is 1. The zero-order valence-electron chi connectivity index (χ0n) is 15.4. The van der Waals surface area contributed by atoms with E-state index in [1.165, 1.54) is 38.1 Å². The summed E-state index contributed by atoms with van der Waals surface area (Å²) in [5.74, 6) is -2.68. The van der Waals surface area contributed by atoms with E-state index < -0.39 is 35.8 Å². The number of benzene rings is 2. The molecule has 1 N–H and O–H groups in total. The van der Waals surface area contributed by atoms with Crippen LogP contribution in [0.15, 0.2) is 42.5 Å². The van der Waals surface area contributed by atoms with Gasteiger partial charge in [0.05, 0.1) is 21.8 Å². The molecule has 1 aliphatic heterocycles. The minimum atomic E-state index is -1.20. The van der Waals surface area contributed by atoms with Crippen LogP contribution in [0.25, 0.3) is 0 Å². The van der Waals surface area contributed by atoms with Gasteiger partial charge in [0.1, 0.15) is 6.04 Å². The number of carbonyl (C=O) groups excluding carboxylic acids is 4. The molecule has 0 unspecified atom stereocenters.